The van der Waals surface area contributed by atoms with E-state index in [2.05, 4.69) is 5.32 Å². The molecule has 16 heavy (non-hydrogen) atoms. The number of nitrogens with two attached hydrogens (primary N) is 3. The van der Waals surface area contributed by atoms with Crippen molar-refractivity contribution >= 4 is 31.3 Å². The van der Waals surface area contributed by atoms with E-state index in [4.69, 9.17) is 16.0 Å². The second-order valence-corrected chi connectivity index (χ2v) is 6.22. The molecule has 0 aliphatic carbocycles. The molecule has 2 aliphatic rings. The second-order valence-electron chi connectivity index (χ2n) is 3.18. The molecular weight excluding hydrogens is 240 g/mol. The molecule has 2 aliphatic heterocycles. The van der Waals surface area contributed by atoms with Crippen LogP contribution >= 0.6 is 21.3 Å². The quantitative estimate of drug-likeness (QED) is 0.515. The monoisotopic (exact) mass is 254 g/mol. The van der Waals surface area contributed by atoms with E-state index >= 15 is 0 Å². The molecule has 0 aromatic carbocycles. The Bertz CT molecular complexity index is 495. The maximum Gasteiger partial charge on any atom is 0.0825 e. The van der Waals surface area contributed by atoms with Gasteiger partial charge in [-0.25, -0.2) is 0 Å². The average Bonchev–Trinajstić information content (AvgIpc) is 2.28. The van der Waals surface area contributed by atoms with Crippen molar-refractivity contribution in [3.8, 4) is 0 Å². The Labute approximate surface area is 99.7 Å². The van der Waals surface area contributed by atoms with Gasteiger partial charge in [-0.3, -0.25) is 16.0 Å². The van der Waals surface area contributed by atoms with Crippen LogP contribution in [0.1, 0.15) is 0 Å². The summed E-state index contributed by atoms with van der Waals surface area (Å²) in [5, 5.41) is 18.0. The van der Waals surface area contributed by atoms with Gasteiger partial charge in [0.15, 0.2) is 0 Å². The van der Waals surface area contributed by atoms with Crippen molar-refractivity contribution in [2.24, 2.45) is 16.0 Å². The lowest BCUT2D eigenvalue weighted by Gasteiger charge is -2.18. The molecule has 0 aromatic heterocycles. The molecule has 2 atom stereocenters. The Morgan fingerprint density at radius 2 is 1.88 bits per heavy atom. The summed E-state index contributed by atoms with van der Waals surface area (Å²) in [6.45, 7) is 0. The molecule has 0 bridgehead atoms. The molecule has 0 amide bonds. The lowest BCUT2D eigenvalue weighted by atomic mass is 10.4. The summed E-state index contributed by atoms with van der Waals surface area (Å²) in [5.41, 5.74) is 5.77. The van der Waals surface area contributed by atoms with E-state index in [0.717, 1.165) is 10.0 Å². The van der Waals surface area contributed by atoms with Crippen LogP contribution in [-0.4, -0.2) is 9.98 Å². The largest absolute Gasteiger partial charge is 0.344 e. The molecule has 2 rings (SSSR count). The van der Waals surface area contributed by atoms with Gasteiger partial charge >= 0.3 is 0 Å². The Kier molecular flexibility index (Phi) is 3.57. The lowest BCUT2D eigenvalue weighted by molar-refractivity contribution is 1.28. The molecule has 0 fully saturated rings. The summed E-state index contributed by atoms with van der Waals surface area (Å²) in [6, 6.07) is 0. The van der Waals surface area contributed by atoms with Crippen molar-refractivity contribution in [2.75, 3.05) is 0 Å². The lowest BCUT2D eigenvalue weighted by Crippen LogP contribution is -2.26. The topological polar surface area (TPSA) is 90.1 Å². The third-order valence-electron chi connectivity index (χ3n) is 2.08. The molecule has 0 saturated carbocycles. The molecule has 0 radical (unpaired) electrons. The number of allylic oxidation sites excluding steroid dienone is 4. The summed E-state index contributed by atoms with van der Waals surface area (Å²) in [6.07, 6.45) is 11.5. The highest BCUT2D eigenvalue weighted by Gasteiger charge is 2.08. The van der Waals surface area contributed by atoms with Crippen molar-refractivity contribution < 1.29 is 0 Å². The van der Waals surface area contributed by atoms with Gasteiger partial charge in [0.1, 0.15) is 0 Å². The molecule has 2 heterocycles. The minimum absolute atomic E-state index is 0.384. The maximum atomic E-state index is 5.98. The summed E-state index contributed by atoms with van der Waals surface area (Å²) in [7, 11) is -0.945. The Balaban J connectivity index is 2.25. The number of hydrogen-bond donors (Lipinski definition) is 4. The second kappa shape index (κ2) is 4.94. The standard InChI is InChI=1S/C10H14N4S2/c11-8-4-3-6-10(16(8)13)14-9-5-1-2-7-15(9)12/h1-7,14H,11-13H2. The van der Waals surface area contributed by atoms with E-state index in [9.17, 15) is 0 Å². The van der Waals surface area contributed by atoms with Crippen molar-refractivity contribution in [3.63, 3.8) is 0 Å². The zero-order valence-corrected chi connectivity index (χ0v) is 10.2. The van der Waals surface area contributed by atoms with Crippen LogP contribution in [0.3, 0.4) is 0 Å². The Morgan fingerprint density at radius 3 is 2.62 bits per heavy atom. The predicted molar refractivity (Wildman–Crippen MR) is 76.4 cm³/mol. The van der Waals surface area contributed by atoms with Gasteiger partial charge in [-0.2, -0.15) is 0 Å². The Morgan fingerprint density at radius 1 is 1.06 bits per heavy atom. The van der Waals surface area contributed by atoms with Crippen LogP contribution in [0.15, 0.2) is 46.9 Å². The first-order chi connectivity index (χ1) is 7.68. The van der Waals surface area contributed by atoms with Crippen LogP contribution in [0, 0.1) is 0 Å². The van der Waals surface area contributed by atoms with Gasteiger partial charge in [0.05, 0.1) is 15.0 Å². The van der Waals surface area contributed by atoms with Crippen molar-refractivity contribution in [2.45, 2.75) is 0 Å². The smallest absolute Gasteiger partial charge is 0.0825 e. The van der Waals surface area contributed by atoms with Gasteiger partial charge in [0.25, 0.3) is 0 Å². The van der Waals surface area contributed by atoms with Crippen LogP contribution in [0.25, 0.3) is 0 Å². The van der Waals surface area contributed by atoms with Crippen molar-refractivity contribution in [1.82, 2.24) is 5.32 Å². The summed E-state index contributed by atoms with van der Waals surface area (Å²) in [4.78, 5) is 1.64. The van der Waals surface area contributed by atoms with E-state index in [-0.39, 0.29) is 10.7 Å². The van der Waals surface area contributed by atoms with Crippen LogP contribution in [0.5, 0.6) is 0 Å². The number of hydrogen-bond acceptors (Lipinski definition) is 4. The summed E-state index contributed by atoms with van der Waals surface area (Å²) < 4.78 is 0. The number of rotatable bonds is 1. The van der Waals surface area contributed by atoms with Gasteiger partial charge in [0.2, 0.25) is 0 Å². The van der Waals surface area contributed by atoms with E-state index in [1.807, 2.05) is 41.9 Å². The predicted octanol–water partition coefficient (Wildman–Crippen LogP) is 0.574. The normalized spacial score (nSPS) is 28.3. The molecule has 7 N–H and O–H groups in total. The highest BCUT2D eigenvalue weighted by atomic mass is 32.2. The van der Waals surface area contributed by atoms with Crippen LogP contribution < -0.4 is 21.3 Å². The third-order valence-corrected chi connectivity index (χ3v) is 4.64. The summed E-state index contributed by atoms with van der Waals surface area (Å²) in [5.74, 6) is 0. The van der Waals surface area contributed by atoms with E-state index in [1.54, 1.807) is 0 Å². The highest BCUT2D eigenvalue weighted by molar-refractivity contribution is 8.18. The third kappa shape index (κ3) is 2.42. The van der Waals surface area contributed by atoms with E-state index < -0.39 is 10.7 Å². The van der Waals surface area contributed by atoms with Gasteiger partial charge < -0.3 is 5.32 Å². The molecular formula is C10H14N4S2. The first kappa shape index (κ1) is 11.6. The summed E-state index contributed by atoms with van der Waals surface area (Å²) >= 11 is 0. The fourth-order valence-corrected chi connectivity index (χ4v) is 3.11. The Hall–Kier alpha value is -0.920. The zero-order valence-electron chi connectivity index (χ0n) is 8.59. The van der Waals surface area contributed by atoms with Gasteiger partial charge in [-0.15, -0.1) is 0 Å². The molecule has 0 saturated heterocycles. The van der Waals surface area contributed by atoms with Crippen LogP contribution in [0.2, 0.25) is 0 Å². The van der Waals surface area contributed by atoms with E-state index in [1.165, 1.54) is 0 Å². The molecule has 0 aromatic rings. The minimum Gasteiger partial charge on any atom is -0.344 e. The fraction of sp³-hybridized carbons (Fsp3) is 0. The van der Waals surface area contributed by atoms with Gasteiger partial charge in [0, 0.05) is 0 Å². The zero-order chi connectivity index (χ0) is 11.5. The molecule has 4 nitrogen and oxygen atoms in total. The molecule has 86 valence electrons. The highest BCUT2D eigenvalue weighted by Crippen LogP contribution is 2.21. The van der Waals surface area contributed by atoms with Crippen LogP contribution in [-0.2, 0) is 0 Å². The van der Waals surface area contributed by atoms with Gasteiger partial charge in [-0.1, -0.05) is 39.6 Å². The molecule has 6 heteroatoms. The maximum absolute atomic E-state index is 5.98. The number of nitrogens with one attached hydrogen (secondary N) is 1. The minimum atomic E-state index is -0.562. The first-order valence-corrected chi connectivity index (χ1v) is 7.28. The average molecular weight is 254 g/mol. The molecule has 0 spiro atoms. The van der Waals surface area contributed by atoms with Gasteiger partial charge in [-0.05, 0) is 23.6 Å². The SMILES string of the molecule is NC1=S(N)C(NC2=S(N)C=CC=C2)=CC=C1. The fourth-order valence-electron chi connectivity index (χ4n) is 1.25. The first-order valence-electron chi connectivity index (χ1n) is 4.64. The van der Waals surface area contributed by atoms with E-state index in [0.29, 0.717) is 4.99 Å². The van der Waals surface area contributed by atoms with Crippen LogP contribution in [0.4, 0.5) is 0 Å². The molecule has 2 unspecified atom stereocenters. The van der Waals surface area contributed by atoms with Crippen molar-refractivity contribution in [1.29, 1.82) is 0 Å². The van der Waals surface area contributed by atoms with Crippen molar-refractivity contribution in [3.05, 3.63) is 46.9 Å².